The number of aliphatic hydroxyl groups excluding tert-OH is 3. The van der Waals surface area contributed by atoms with E-state index >= 15 is 0 Å². The van der Waals surface area contributed by atoms with E-state index in [0.717, 1.165) is 35.1 Å². The van der Waals surface area contributed by atoms with Crippen LogP contribution in [0.4, 0.5) is 0 Å². The summed E-state index contributed by atoms with van der Waals surface area (Å²) in [5.74, 6) is 0.340. The Morgan fingerprint density at radius 2 is 1.74 bits per heavy atom. The predicted octanol–water partition coefficient (Wildman–Crippen LogP) is 3.40. The van der Waals surface area contributed by atoms with Crippen molar-refractivity contribution in [2.45, 2.75) is 65.8 Å². The number of nitrogens with one attached hydrogen (secondary N) is 1. The maximum Gasteiger partial charge on any atom is 0.223 e. The summed E-state index contributed by atoms with van der Waals surface area (Å²) in [7, 11) is 0. The van der Waals surface area contributed by atoms with E-state index in [1.165, 1.54) is 0 Å². The standard InChI is InChI=1S/C29H41N5O5/c1-5-6-11-25(37)34(26(20(2)3)28(38)39-19-29(4,17-35)18-36)16-21-12-14-22(15-13-21)23-9-7-8-10-24(23)27-30-32-33-31-27/h7-10,12-15,20,26,28,35-36,38H,5-6,11,16-19H2,1-4H3,(H,30,31,32,33). The highest BCUT2D eigenvalue weighted by Gasteiger charge is 2.34. The van der Waals surface area contributed by atoms with Crippen LogP contribution in [0.15, 0.2) is 48.5 Å². The van der Waals surface area contributed by atoms with Gasteiger partial charge in [0.2, 0.25) is 11.7 Å². The zero-order valence-electron chi connectivity index (χ0n) is 23.2. The van der Waals surface area contributed by atoms with Gasteiger partial charge in [0.1, 0.15) is 0 Å². The molecule has 2 unspecified atom stereocenters. The molecule has 0 radical (unpaired) electrons. The quantitative estimate of drug-likeness (QED) is 0.215. The van der Waals surface area contributed by atoms with E-state index in [1.54, 1.807) is 11.8 Å². The van der Waals surface area contributed by atoms with Gasteiger partial charge in [0.05, 0.1) is 25.9 Å². The average molecular weight is 540 g/mol. The molecule has 0 saturated carbocycles. The molecule has 0 aliphatic heterocycles. The van der Waals surface area contributed by atoms with E-state index in [0.29, 0.717) is 18.8 Å². The number of amides is 1. The molecule has 0 aliphatic carbocycles. The van der Waals surface area contributed by atoms with Gasteiger partial charge in [-0.3, -0.25) is 4.79 Å². The summed E-state index contributed by atoms with van der Waals surface area (Å²) in [5, 5.41) is 44.7. The fourth-order valence-corrected chi connectivity index (χ4v) is 4.39. The fraction of sp³-hybridized carbons (Fsp3) is 0.517. The van der Waals surface area contributed by atoms with E-state index in [9.17, 15) is 20.1 Å². The molecule has 2 atom stereocenters. The molecule has 0 spiro atoms. The van der Waals surface area contributed by atoms with Crippen molar-refractivity contribution in [1.82, 2.24) is 25.5 Å². The zero-order valence-corrected chi connectivity index (χ0v) is 23.2. The summed E-state index contributed by atoms with van der Waals surface area (Å²) in [6, 6.07) is 15.1. The molecule has 1 aromatic heterocycles. The smallest absolute Gasteiger partial charge is 0.223 e. The molecule has 3 rings (SSSR count). The molecule has 2 aromatic carbocycles. The number of rotatable bonds is 15. The van der Waals surface area contributed by atoms with Gasteiger partial charge in [0, 0.05) is 23.9 Å². The lowest BCUT2D eigenvalue weighted by molar-refractivity contribution is -0.185. The second kappa shape index (κ2) is 14.3. The van der Waals surface area contributed by atoms with Crippen LogP contribution in [0.1, 0.15) is 52.5 Å². The van der Waals surface area contributed by atoms with Crippen molar-refractivity contribution < 1.29 is 24.9 Å². The molecule has 1 amide bonds. The average Bonchev–Trinajstić information content (AvgIpc) is 3.49. The Bertz CT molecular complexity index is 1150. The third kappa shape index (κ3) is 7.92. The molecule has 0 aliphatic rings. The molecule has 3 aromatic rings. The maximum absolute atomic E-state index is 13.4. The van der Waals surface area contributed by atoms with Gasteiger partial charge in [0.25, 0.3) is 0 Å². The summed E-state index contributed by atoms with van der Waals surface area (Å²) in [6.45, 7) is 7.26. The number of nitrogens with zero attached hydrogens (tertiary/aromatic N) is 4. The van der Waals surface area contributed by atoms with Crippen LogP contribution < -0.4 is 0 Å². The lowest BCUT2D eigenvalue weighted by Gasteiger charge is -2.38. The molecule has 10 nitrogen and oxygen atoms in total. The number of tetrazole rings is 1. The number of hydrogen-bond acceptors (Lipinski definition) is 8. The minimum Gasteiger partial charge on any atom is -0.396 e. The van der Waals surface area contributed by atoms with Gasteiger partial charge >= 0.3 is 0 Å². The minimum atomic E-state index is -1.28. The first-order valence-electron chi connectivity index (χ1n) is 13.5. The van der Waals surface area contributed by atoms with Gasteiger partial charge in [-0.2, -0.15) is 5.21 Å². The van der Waals surface area contributed by atoms with E-state index in [-0.39, 0.29) is 31.6 Å². The molecule has 212 valence electrons. The van der Waals surface area contributed by atoms with Gasteiger partial charge in [0.15, 0.2) is 6.29 Å². The van der Waals surface area contributed by atoms with Gasteiger partial charge in [-0.25, -0.2) is 0 Å². The lowest BCUT2D eigenvalue weighted by atomic mass is 9.94. The molecule has 0 bridgehead atoms. The van der Waals surface area contributed by atoms with Crippen molar-refractivity contribution in [2.75, 3.05) is 19.8 Å². The molecule has 0 fully saturated rings. The van der Waals surface area contributed by atoms with Crippen LogP contribution in [0.2, 0.25) is 0 Å². The van der Waals surface area contributed by atoms with Crippen molar-refractivity contribution in [1.29, 1.82) is 0 Å². The summed E-state index contributed by atoms with van der Waals surface area (Å²) < 4.78 is 5.73. The minimum absolute atomic E-state index is 0.0458. The number of benzene rings is 2. The summed E-state index contributed by atoms with van der Waals surface area (Å²) in [4.78, 5) is 15.1. The zero-order chi connectivity index (χ0) is 28.4. The number of H-pyrrole nitrogens is 1. The first-order chi connectivity index (χ1) is 18.7. The second-order valence-electron chi connectivity index (χ2n) is 10.7. The number of ether oxygens (including phenoxy) is 1. The van der Waals surface area contributed by atoms with Gasteiger partial charge in [-0.1, -0.05) is 82.6 Å². The fourth-order valence-electron chi connectivity index (χ4n) is 4.39. The maximum atomic E-state index is 13.4. The Labute approximate surface area is 230 Å². The summed E-state index contributed by atoms with van der Waals surface area (Å²) in [5.41, 5.74) is 2.80. The van der Waals surface area contributed by atoms with Crippen LogP contribution in [-0.2, 0) is 16.1 Å². The topological polar surface area (TPSA) is 145 Å². The first-order valence-corrected chi connectivity index (χ1v) is 13.5. The monoisotopic (exact) mass is 539 g/mol. The summed E-state index contributed by atoms with van der Waals surface area (Å²) >= 11 is 0. The van der Waals surface area contributed by atoms with Crippen molar-refractivity contribution in [3.05, 3.63) is 54.1 Å². The Morgan fingerprint density at radius 3 is 2.31 bits per heavy atom. The Balaban J connectivity index is 1.85. The SMILES string of the molecule is CCCCC(=O)N(Cc1ccc(-c2ccccc2-c2nn[nH]n2)cc1)C(C(C)C)C(O)OCC(C)(CO)CO. The molecular formula is C29H41N5O5. The highest BCUT2D eigenvalue weighted by molar-refractivity contribution is 5.80. The van der Waals surface area contributed by atoms with E-state index in [1.807, 2.05) is 69.3 Å². The number of unbranched alkanes of at least 4 members (excludes halogenated alkanes) is 1. The van der Waals surface area contributed by atoms with Gasteiger partial charge in [-0.15, -0.1) is 10.2 Å². The van der Waals surface area contributed by atoms with E-state index < -0.39 is 17.7 Å². The number of carbonyl (C=O) groups is 1. The number of aliphatic hydroxyl groups is 3. The molecular weight excluding hydrogens is 498 g/mol. The number of hydrogen-bond donors (Lipinski definition) is 4. The lowest BCUT2D eigenvalue weighted by Crippen LogP contribution is -2.51. The highest BCUT2D eigenvalue weighted by Crippen LogP contribution is 2.30. The molecule has 10 heteroatoms. The van der Waals surface area contributed by atoms with Crippen LogP contribution in [-0.4, -0.2) is 78.9 Å². The second-order valence-corrected chi connectivity index (χ2v) is 10.7. The van der Waals surface area contributed by atoms with Crippen molar-refractivity contribution in [3.8, 4) is 22.5 Å². The van der Waals surface area contributed by atoms with Crippen molar-refractivity contribution in [2.24, 2.45) is 11.3 Å². The molecule has 39 heavy (non-hydrogen) atoms. The highest BCUT2D eigenvalue weighted by atomic mass is 16.6. The number of aromatic nitrogens is 4. The Morgan fingerprint density at radius 1 is 1.08 bits per heavy atom. The predicted molar refractivity (Wildman–Crippen MR) is 148 cm³/mol. The van der Waals surface area contributed by atoms with Crippen LogP contribution in [0, 0.1) is 11.3 Å². The summed E-state index contributed by atoms with van der Waals surface area (Å²) in [6.07, 6.45) is 0.711. The first kappa shape index (κ1) is 30.4. The normalized spacial score (nSPS) is 13.4. The molecule has 0 saturated heterocycles. The van der Waals surface area contributed by atoms with Crippen LogP contribution in [0.5, 0.6) is 0 Å². The molecule has 4 N–H and O–H groups in total. The van der Waals surface area contributed by atoms with E-state index in [4.69, 9.17) is 4.74 Å². The van der Waals surface area contributed by atoms with E-state index in [2.05, 4.69) is 20.6 Å². The van der Waals surface area contributed by atoms with Gasteiger partial charge in [-0.05, 0) is 34.2 Å². The van der Waals surface area contributed by atoms with Crippen LogP contribution in [0.3, 0.4) is 0 Å². The Hall–Kier alpha value is -3.18. The number of aromatic amines is 1. The number of carbonyl (C=O) groups excluding carboxylic acids is 1. The van der Waals surface area contributed by atoms with Gasteiger partial charge < -0.3 is 25.0 Å². The Kier molecular flexibility index (Phi) is 11.1. The third-order valence-corrected chi connectivity index (χ3v) is 6.90. The van der Waals surface area contributed by atoms with Crippen molar-refractivity contribution >= 4 is 5.91 Å². The van der Waals surface area contributed by atoms with Crippen LogP contribution in [0.25, 0.3) is 22.5 Å². The third-order valence-electron chi connectivity index (χ3n) is 6.90. The van der Waals surface area contributed by atoms with Crippen molar-refractivity contribution in [3.63, 3.8) is 0 Å². The molecule has 1 heterocycles. The van der Waals surface area contributed by atoms with Crippen LogP contribution >= 0.6 is 0 Å². The largest absolute Gasteiger partial charge is 0.396 e.